The highest BCUT2D eigenvalue weighted by atomic mass is 16.5. The van der Waals surface area contributed by atoms with Crippen LogP contribution in [0.4, 0.5) is 11.4 Å². The fourth-order valence-electron chi connectivity index (χ4n) is 1.07. The molecule has 2 N–H and O–H groups in total. The minimum Gasteiger partial charge on any atom is -0.481 e. The third kappa shape index (κ3) is 7.28. The van der Waals surface area contributed by atoms with Gasteiger partial charge in [-0.25, -0.2) is 9.59 Å². The van der Waals surface area contributed by atoms with Crippen molar-refractivity contribution in [1.29, 1.82) is 0 Å². The molecule has 100 valence electrons. The van der Waals surface area contributed by atoms with Crippen LogP contribution in [0.15, 0.2) is 40.2 Å². The van der Waals surface area contributed by atoms with Crippen molar-refractivity contribution < 1.29 is 19.8 Å². The van der Waals surface area contributed by atoms with E-state index in [-0.39, 0.29) is 0 Å². The van der Waals surface area contributed by atoms with Gasteiger partial charge in [-0.1, -0.05) is 13.0 Å². The lowest BCUT2D eigenvalue weighted by Crippen LogP contribution is -1.73. The topological polar surface area (TPSA) is 99.3 Å². The number of nitrogens with zero attached hydrogens (tertiary/aromatic N) is 2. The van der Waals surface area contributed by atoms with Crippen LogP contribution in [-0.4, -0.2) is 22.4 Å². The number of aryl methyl sites for hydroxylation is 1. The smallest absolute Gasteiger partial charge is 0.269 e. The molecule has 1 rings (SSSR count). The zero-order valence-electron chi connectivity index (χ0n) is 10.6. The minimum absolute atomic E-state index is 0.426. The average molecular weight is 262 g/mol. The second kappa shape index (κ2) is 9.36. The molecule has 0 unspecified atom stereocenters. The molecular formula is C13H14N2O4. The van der Waals surface area contributed by atoms with E-state index < -0.39 is 5.95 Å². The molecule has 0 saturated carbocycles. The van der Waals surface area contributed by atoms with E-state index in [4.69, 9.17) is 10.2 Å². The predicted molar refractivity (Wildman–Crippen MR) is 70.4 cm³/mol. The van der Waals surface area contributed by atoms with Crippen LogP contribution < -0.4 is 0 Å². The Kier molecular flexibility index (Phi) is 8.04. The number of allylic oxidation sites excluding steroid dienone is 1. The van der Waals surface area contributed by atoms with Crippen LogP contribution in [0.3, 0.4) is 0 Å². The van der Waals surface area contributed by atoms with Gasteiger partial charge in [-0.2, -0.15) is 9.98 Å². The molecule has 1 aromatic carbocycles. The molecule has 6 nitrogen and oxygen atoms in total. The average Bonchev–Trinajstić information content (AvgIpc) is 2.35. The Balaban J connectivity index is 0.000000459. The van der Waals surface area contributed by atoms with Crippen LogP contribution in [0.5, 0.6) is 0 Å². The molecule has 0 aliphatic rings. The third-order valence-electron chi connectivity index (χ3n) is 1.92. The number of aliphatic hydroxyl groups is 2. The van der Waals surface area contributed by atoms with Crippen LogP contribution in [0.2, 0.25) is 0 Å². The highest BCUT2D eigenvalue weighted by Crippen LogP contribution is 2.23. The van der Waals surface area contributed by atoms with Gasteiger partial charge in [-0.05, 0) is 37.1 Å². The van der Waals surface area contributed by atoms with E-state index in [0.29, 0.717) is 17.8 Å². The van der Waals surface area contributed by atoms with Gasteiger partial charge in [-0.3, -0.25) is 0 Å². The normalized spacial score (nSPS) is 8.11. The zero-order chi connectivity index (χ0) is 14.7. The molecule has 0 aliphatic carbocycles. The fraction of sp³-hybridized carbons (Fsp3) is 0.231. The fourth-order valence-corrected chi connectivity index (χ4v) is 1.07. The molecule has 0 bridgehead atoms. The van der Waals surface area contributed by atoms with Gasteiger partial charge in [0, 0.05) is 0 Å². The standard InChI is InChI=1S/C9H6N2O2.C4H8O2/c1-7-2-3-8(10-5-12)4-9(7)11-6-13;1-2-3-4(5)6/h2-4H,1H3;3,5-6H,2H2,1H3. The van der Waals surface area contributed by atoms with E-state index in [1.165, 1.54) is 24.3 Å². The monoisotopic (exact) mass is 262 g/mol. The number of hydrogen-bond acceptors (Lipinski definition) is 6. The van der Waals surface area contributed by atoms with Gasteiger partial charge in [0.15, 0.2) is 0 Å². The van der Waals surface area contributed by atoms with E-state index in [9.17, 15) is 9.59 Å². The maximum atomic E-state index is 10.00. The van der Waals surface area contributed by atoms with Crippen molar-refractivity contribution in [2.75, 3.05) is 0 Å². The molecule has 0 radical (unpaired) electrons. The molecule has 0 aliphatic heterocycles. The van der Waals surface area contributed by atoms with Gasteiger partial charge in [0.2, 0.25) is 12.2 Å². The first kappa shape index (κ1) is 16.3. The Bertz CT molecular complexity index is 536. The largest absolute Gasteiger partial charge is 0.481 e. The van der Waals surface area contributed by atoms with Gasteiger partial charge in [-0.15, -0.1) is 0 Å². The van der Waals surface area contributed by atoms with Crippen molar-refractivity contribution in [2.45, 2.75) is 20.3 Å². The summed E-state index contributed by atoms with van der Waals surface area (Å²) in [4.78, 5) is 26.8. The third-order valence-corrected chi connectivity index (χ3v) is 1.92. The first-order valence-corrected chi connectivity index (χ1v) is 5.39. The van der Waals surface area contributed by atoms with E-state index in [2.05, 4.69) is 9.98 Å². The summed E-state index contributed by atoms with van der Waals surface area (Å²) in [6, 6.07) is 4.88. The van der Waals surface area contributed by atoms with Crippen LogP contribution in [0.25, 0.3) is 0 Å². The molecule has 0 aromatic heterocycles. The number of aliphatic hydroxyl groups excluding tert-OH is 1. The summed E-state index contributed by atoms with van der Waals surface area (Å²) in [5.74, 6) is -0.586. The number of rotatable bonds is 3. The van der Waals surface area contributed by atoms with Crippen LogP contribution in [0.1, 0.15) is 18.9 Å². The number of hydrogen-bond donors (Lipinski definition) is 2. The van der Waals surface area contributed by atoms with Gasteiger partial charge in [0.05, 0.1) is 11.4 Å². The number of carbonyl (C=O) groups excluding carboxylic acids is 2. The second-order valence-corrected chi connectivity index (χ2v) is 3.35. The first-order valence-electron chi connectivity index (χ1n) is 5.39. The van der Waals surface area contributed by atoms with Crippen LogP contribution in [0, 0.1) is 6.92 Å². The van der Waals surface area contributed by atoms with Crippen molar-refractivity contribution >= 4 is 23.5 Å². The van der Waals surface area contributed by atoms with E-state index in [1.54, 1.807) is 19.1 Å². The van der Waals surface area contributed by atoms with Gasteiger partial charge in [0.25, 0.3) is 5.95 Å². The number of benzene rings is 1. The van der Waals surface area contributed by atoms with Crippen molar-refractivity contribution in [3.63, 3.8) is 0 Å². The van der Waals surface area contributed by atoms with Gasteiger partial charge < -0.3 is 10.2 Å². The van der Waals surface area contributed by atoms with E-state index in [0.717, 1.165) is 5.56 Å². The van der Waals surface area contributed by atoms with Gasteiger partial charge >= 0.3 is 0 Å². The minimum atomic E-state index is -0.586. The lowest BCUT2D eigenvalue weighted by Gasteiger charge is -1.97. The Morgan fingerprint density at radius 2 is 1.89 bits per heavy atom. The number of isocyanates is 2. The summed E-state index contributed by atoms with van der Waals surface area (Å²) in [6.07, 6.45) is 4.82. The summed E-state index contributed by atoms with van der Waals surface area (Å²) >= 11 is 0. The van der Waals surface area contributed by atoms with Crippen LogP contribution >= 0.6 is 0 Å². The van der Waals surface area contributed by atoms with Gasteiger partial charge in [0.1, 0.15) is 0 Å². The molecule has 19 heavy (non-hydrogen) atoms. The van der Waals surface area contributed by atoms with Crippen molar-refractivity contribution in [2.24, 2.45) is 9.98 Å². The van der Waals surface area contributed by atoms with Crippen molar-refractivity contribution in [3.8, 4) is 0 Å². The maximum absolute atomic E-state index is 10.00. The highest BCUT2D eigenvalue weighted by molar-refractivity contribution is 5.61. The Morgan fingerprint density at radius 3 is 2.32 bits per heavy atom. The van der Waals surface area contributed by atoms with E-state index >= 15 is 0 Å². The van der Waals surface area contributed by atoms with E-state index in [1.807, 2.05) is 6.92 Å². The maximum Gasteiger partial charge on any atom is 0.269 e. The molecule has 6 heteroatoms. The predicted octanol–water partition coefficient (Wildman–Crippen LogP) is 3.28. The SMILES string of the molecule is CCC=C(O)O.Cc1ccc(N=C=O)cc1N=C=O. The lowest BCUT2D eigenvalue weighted by atomic mass is 10.2. The summed E-state index contributed by atoms with van der Waals surface area (Å²) in [5.41, 5.74) is 1.72. The Morgan fingerprint density at radius 1 is 1.26 bits per heavy atom. The molecule has 0 fully saturated rings. The lowest BCUT2D eigenvalue weighted by molar-refractivity contribution is 0.189. The first-order chi connectivity index (χ1) is 9.04. The number of aliphatic imine (C=N–C) groups is 2. The molecule has 1 aromatic rings. The summed E-state index contributed by atoms with van der Waals surface area (Å²) in [6.45, 7) is 3.62. The quantitative estimate of drug-likeness (QED) is 0.496. The second-order valence-electron chi connectivity index (χ2n) is 3.35. The molecule has 0 atom stereocenters. The van der Waals surface area contributed by atoms with Crippen molar-refractivity contribution in [1.82, 2.24) is 0 Å². The Labute approximate surface area is 110 Å². The molecular weight excluding hydrogens is 248 g/mol. The van der Waals surface area contributed by atoms with Crippen molar-refractivity contribution in [3.05, 3.63) is 35.8 Å². The summed E-state index contributed by atoms with van der Waals surface area (Å²) in [5, 5.41) is 15.9. The summed E-state index contributed by atoms with van der Waals surface area (Å²) < 4.78 is 0. The molecule has 0 spiro atoms. The Hall–Kier alpha value is -2.68. The van der Waals surface area contributed by atoms with Crippen LogP contribution in [-0.2, 0) is 9.59 Å². The summed E-state index contributed by atoms with van der Waals surface area (Å²) in [7, 11) is 0. The molecule has 0 amide bonds. The molecule has 0 saturated heterocycles. The highest BCUT2D eigenvalue weighted by Gasteiger charge is 1.97. The molecule has 0 heterocycles. The zero-order valence-corrected chi connectivity index (χ0v) is 10.6.